The number of benzene rings is 2. The predicted molar refractivity (Wildman–Crippen MR) is 116 cm³/mol. The van der Waals surface area contributed by atoms with Crippen molar-refractivity contribution in [2.24, 2.45) is 0 Å². The highest BCUT2D eigenvalue weighted by Gasteiger charge is 2.25. The molecule has 2 aromatic heterocycles. The molecule has 0 saturated carbocycles. The molecule has 1 amide bonds. The number of carbonyl (C=O) groups is 1. The lowest BCUT2D eigenvalue weighted by Gasteiger charge is -2.21. The van der Waals surface area contributed by atoms with Gasteiger partial charge in [-0.25, -0.2) is 4.98 Å². The number of aromatic nitrogens is 3. The van der Waals surface area contributed by atoms with Crippen molar-refractivity contribution in [3.05, 3.63) is 81.5 Å². The van der Waals surface area contributed by atoms with E-state index in [1.54, 1.807) is 12.3 Å². The van der Waals surface area contributed by atoms with Gasteiger partial charge in [-0.05, 0) is 42.2 Å². The van der Waals surface area contributed by atoms with Gasteiger partial charge in [0.25, 0.3) is 11.5 Å². The van der Waals surface area contributed by atoms with E-state index in [4.69, 9.17) is 4.74 Å². The molecule has 0 spiro atoms. The first kappa shape index (κ1) is 18.3. The van der Waals surface area contributed by atoms with Gasteiger partial charge in [-0.1, -0.05) is 24.3 Å². The van der Waals surface area contributed by atoms with E-state index in [9.17, 15) is 9.59 Å². The number of ether oxygens (including phenoxy) is 1. The summed E-state index contributed by atoms with van der Waals surface area (Å²) in [7, 11) is 0. The Balaban J connectivity index is 1.41. The molecule has 7 heteroatoms. The summed E-state index contributed by atoms with van der Waals surface area (Å²) in [5.41, 5.74) is 4.78. The van der Waals surface area contributed by atoms with Gasteiger partial charge in [-0.3, -0.25) is 14.0 Å². The third-order valence-electron chi connectivity index (χ3n) is 6.47. The first-order chi connectivity index (χ1) is 15.2. The molecule has 2 aliphatic rings. The lowest BCUT2D eigenvalue weighted by Crippen LogP contribution is -2.25. The summed E-state index contributed by atoms with van der Waals surface area (Å²) in [5, 5.41) is 0. The topological polar surface area (TPSA) is 79.7 Å². The van der Waals surface area contributed by atoms with Crippen LogP contribution in [0.5, 0.6) is 0 Å². The van der Waals surface area contributed by atoms with Crippen molar-refractivity contribution in [2.45, 2.75) is 31.8 Å². The van der Waals surface area contributed by atoms with Gasteiger partial charge in [-0.15, -0.1) is 0 Å². The van der Waals surface area contributed by atoms with Gasteiger partial charge in [0, 0.05) is 37.8 Å². The average Bonchev–Trinajstić information content (AvgIpc) is 3.44. The zero-order valence-electron chi connectivity index (χ0n) is 17.0. The number of nitrogens with zero attached hydrogens (tertiary/aromatic N) is 3. The molecule has 0 atom stereocenters. The van der Waals surface area contributed by atoms with Gasteiger partial charge in [0.1, 0.15) is 11.3 Å². The van der Waals surface area contributed by atoms with Crippen molar-refractivity contribution in [3.63, 3.8) is 0 Å². The molecule has 0 unspecified atom stereocenters. The standard InChI is InChI=1S/C24H22N4O3/c29-23-21-12-25-22(15-7-9-31-10-8-15)28(21)20-6-5-16(11-19(20)26-23)24(30)27-13-17-3-1-2-4-18(17)14-27/h1-6,11-12,15H,7-10,13-14H2,(H,26,29). The fraction of sp³-hybridized carbons (Fsp3) is 0.292. The Morgan fingerprint density at radius 2 is 1.77 bits per heavy atom. The molecule has 4 heterocycles. The Hall–Kier alpha value is -3.45. The molecule has 7 nitrogen and oxygen atoms in total. The van der Waals surface area contributed by atoms with E-state index >= 15 is 0 Å². The summed E-state index contributed by atoms with van der Waals surface area (Å²) in [5.74, 6) is 1.11. The Labute approximate surface area is 178 Å². The summed E-state index contributed by atoms with van der Waals surface area (Å²) in [6.07, 6.45) is 3.42. The molecule has 0 aliphatic carbocycles. The molecule has 4 aromatic rings. The van der Waals surface area contributed by atoms with Crippen LogP contribution in [0.3, 0.4) is 0 Å². The van der Waals surface area contributed by atoms with Crippen LogP contribution in [0.4, 0.5) is 0 Å². The van der Waals surface area contributed by atoms with Crippen LogP contribution in [-0.4, -0.2) is 38.4 Å². The smallest absolute Gasteiger partial charge is 0.274 e. The fourth-order valence-electron chi connectivity index (χ4n) is 4.83. The van der Waals surface area contributed by atoms with Crippen molar-refractivity contribution >= 4 is 22.5 Å². The summed E-state index contributed by atoms with van der Waals surface area (Å²) < 4.78 is 7.44. The molecule has 6 rings (SSSR count). The highest BCUT2D eigenvalue weighted by Crippen LogP contribution is 2.29. The molecule has 1 N–H and O–H groups in total. The Morgan fingerprint density at radius 3 is 2.52 bits per heavy atom. The maximum atomic E-state index is 13.2. The number of hydrogen-bond acceptors (Lipinski definition) is 4. The zero-order chi connectivity index (χ0) is 20.9. The minimum atomic E-state index is -0.198. The summed E-state index contributed by atoms with van der Waals surface area (Å²) in [4.78, 5) is 35.3. The lowest BCUT2D eigenvalue weighted by molar-refractivity contribution is 0.0751. The fourth-order valence-corrected chi connectivity index (χ4v) is 4.83. The van der Waals surface area contributed by atoms with E-state index in [0.717, 1.165) is 24.2 Å². The van der Waals surface area contributed by atoms with E-state index in [2.05, 4.69) is 22.1 Å². The Kier molecular flexibility index (Phi) is 4.17. The second-order valence-corrected chi connectivity index (χ2v) is 8.34. The Bertz CT molecular complexity index is 1360. The summed E-state index contributed by atoms with van der Waals surface area (Å²) in [6, 6.07) is 13.7. The second-order valence-electron chi connectivity index (χ2n) is 8.34. The second kappa shape index (κ2) is 7.06. The van der Waals surface area contributed by atoms with E-state index in [1.807, 2.05) is 33.6 Å². The third-order valence-corrected chi connectivity index (χ3v) is 6.47. The molecule has 0 bridgehead atoms. The van der Waals surface area contributed by atoms with Gasteiger partial charge in [-0.2, -0.15) is 0 Å². The molecule has 1 fully saturated rings. The normalized spacial score (nSPS) is 16.8. The molecular formula is C24H22N4O3. The first-order valence-electron chi connectivity index (χ1n) is 10.7. The van der Waals surface area contributed by atoms with Gasteiger partial charge in [0.05, 0.1) is 17.2 Å². The average molecular weight is 414 g/mol. The molecular weight excluding hydrogens is 392 g/mol. The van der Waals surface area contributed by atoms with Crippen molar-refractivity contribution in [1.82, 2.24) is 19.3 Å². The van der Waals surface area contributed by atoms with Crippen LogP contribution in [0.15, 0.2) is 53.5 Å². The van der Waals surface area contributed by atoms with Gasteiger partial charge < -0.3 is 14.6 Å². The highest BCUT2D eigenvalue weighted by atomic mass is 16.5. The van der Waals surface area contributed by atoms with Crippen LogP contribution in [0, 0.1) is 0 Å². The number of amides is 1. The highest BCUT2D eigenvalue weighted by molar-refractivity contribution is 5.97. The monoisotopic (exact) mass is 414 g/mol. The van der Waals surface area contributed by atoms with E-state index < -0.39 is 0 Å². The van der Waals surface area contributed by atoms with Crippen molar-refractivity contribution in [1.29, 1.82) is 0 Å². The van der Waals surface area contributed by atoms with Crippen LogP contribution in [0.1, 0.15) is 46.1 Å². The third kappa shape index (κ3) is 2.96. The summed E-state index contributed by atoms with van der Waals surface area (Å²) >= 11 is 0. The lowest BCUT2D eigenvalue weighted by atomic mass is 9.99. The zero-order valence-corrected chi connectivity index (χ0v) is 17.0. The van der Waals surface area contributed by atoms with E-state index in [-0.39, 0.29) is 17.4 Å². The number of rotatable bonds is 2. The maximum Gasteiger partial charge on any atom is 0.274 e. The Morgan fingerprint density at radius 1 is 1.03 bits per heavy atom. The van der Waals surface area contributed by atoms with E-state index in [0.29, 0.717) is 42.9 Å². The number of hydrogen-bond donors (Lipinski definition) is 1. The van der Waals surface area contributed by atoms with Crippen LogP contribution in [0.2, 0.25) is 0 Å². The molecule has 2 aliphatic heterocycles. The molecule has 1 saturated heterocycles. The first-order valence-corrected chi connectivity index (χ1v) is 10.7. The summed E-state index contributed by atoms with van der Waals surface area (Å²) in [6.45, 7) is 2.63. The van der Waals surface area contributed by atoms with Crippen molar-refractivity contribution in [3.8, 4) is 0 Å². The number of carbonyl (C=O) groups excluding carboxylic acids is 1. The van der Waals surface area contributed by atoms with Crippen molar-refractivity contribution in [2.75, 3.05) is 13.2 Å². The number of fused-ring (bicyclic) bond motifs is 4. The minimum absolute atomic E-state index is 0.0330. The SMILES string of the molecule is O=C(c1ccc2c(c1)[nH]c(=O)c1cnc(C3CCOCC3)n12)N1Cc2ccccc2C1. The quantitative estimate of drug-likeness (QED) is 0.546. The van der Waals surface area contributed by atoms with E-state index in [1.165, 1.54) is 11.1 Å². The van der Waals surface area contributed by atoms with Gasteiger partial charge in [0.15, 0.2) is 0 Å². The van der Waals surface area contributed by atoms with Crippen LogP contribution < -0.4 is 5.56 Å². The predicted octanol–water partition coefficient (Wildman–Crippen LogP) is 3.23. The number of nitrogens with one attached hydrogen (secondary N) is 1. The molecule has 2 aromatic carbocycles. The number of imidazole rings is 1. The van der Waals surface area contributed by atoms with Gasteiger partial charge in [0.2, 0.25) is 0 Å². The minimum Gasteiger partial charge on any atom is -0.381 e. The van der Waals surface area contributed by atoms with Crippen LogP contribution in [-0.2, 0) is 17.8 Å². The molecule has 156 valence electrons. The van der Waals surface area contributed by atoms with Crippen LogP contribution in [0.25, 0.3) is 16.6 Å². The van der Waals surface area contributed by atoms with Crippen LogP contribution >= 0.6 is 0 Å². The maximum absolute atomic E-state index is 13.2. The number of aromatic amines is 1. The number of H-pyrrole nitrogens is 1. The molecule has 31 heavy (non-hydrogen) atoms. The molecule has 0 radical (unpaired) electrons. The van der Waals surface area contributed by atoms with Crippen molar-refractivity contribution < 1.29 is 9.53 Å². The largest absolute Gasteiger partial charge is 0.381 e. The van der Waals surface area contributed by atoms with Gasteiger partial charge >= 0.3 is 0 Å².